The number of sulfonamides is 1. The predicted molar refractivity (Wildman–Crippen MR) is 102 cm³/mol. The number of hydrogen-bond donors (Lipinski definition) is 1. The van der Waals surface area contributed by atoms with Crippen LogP contribution in [0, 0.1) is 5.82 Å². The van der Waals surface area contributed by atoms with E-state index in [0.29, 0.717) is 0 Å². The quantitative estimate of drug-likeness (QED) is 0.520. The first-order valence-corrected chi connectivity index (χ1v) is 10.4. The van der Waals surface area contributed by atoms with E-state index in [2.05, 4.69) is 4.72 Å². The minimum Gasteiger partial charge on any atom is -0.495 e. The summed E-state index contributed by atoms with van der Waals surface area (Å²) >= 11 is 0. The number of rotatable bonds is 8. The van der Waals surface area contributed by atoms with E-state index in [-0.39, 0.29) is 27.8 Å². The Balaban J connectivity index is 1.78. The Kier molecular flexibility index (Phi) is 5.99. The molecule has 29 heavy (non-hydrogen) atoms. The molecule has 9 heteroatoms. The minimum absolute atomic E-state index is 0.0410. The number of benzene rings is 2. The van der Waals surface area contributed by atoms with Crippen molar-refractivity contribution in [1.82, 2.24) is 4.72 Å². The first kappa shape index (κ1) is 20.9. The average molecular weight is 421 g/mol. The third-order valence-electron chi connectivity index (χ3n) is 4.37. The van der Waals surface area contributed by atoms with Crippen LogP contribution >= 0.6 is 0 Å². The van der Waals surface area contributed by atoms with Crippen molar-refractivity contribution >= 4 is 21.8 Å². The van der Waals surface area contributed by atoms with E-state index >= 15 is 0 Å². The maximum absolute atomic E-state index is 13.0. The molecule has 0 bridgehead atoms. The highest BCUT2D eigenvalue weighted by molar-refractivity contribution is 7.89. The van der Waals surface area contributed by atoms with Crippen LogP contribution < -0.4 is 9.46 Å². The standard InChI is InChI=1S/C20H20FNO6S/c1-12(19(23)13-3-6-15(21)7-4-13)28-20(24)14-5-10-17(27-2)18(11-14)29(25,26)22-16-8-9-16/h3-7,10-12,16,22H,8-9H2,1-2H3/t12-/m0/s1. The van der Waals surface area contributed by atoms with Crippen LogP contribution in [0.3, 0.4) is 0 Å². The second-order valence-corrected chi connectivity index (χ2v) is 8.36. The van der Waals surface area contributed by atoms with Gasteiger partial charge in [-0.2, -0.15) is 0 Å². The van der Waals surface area contributed by atoms with E-state index in [1.165, 1.54) is 38.3 Å². The zero-order valence-corrected chi connectivity index (χ0v) is 16.7. The van der Waals surface area contributed by atoms with Gasteiger partial charge in [-0.15, -0.1) is 0 Å². The number of hydrogen-bond acceptors (Lipinski definition) is 6. The van der Waals surface area contributed by atoms with Crippen LogP contribution in [0.5, 0.6) is 5.75 Å². The lowest BCUT2D eigenvalue weighted by Crippen LogP contribution is -2.27. The topological polar surface area (TPSA) is 98.8 Å². The summed E-state index contributed by atoms with van der Waals surface area (Å²) in [6.45, 7) is 1.39. The molecule has 0 spiro atoms. The lowest BCUT2D eigenvalue weighted by Gasteiger charge is -2.14. The number of carbonyl (C=O) groups is 2. The molecule has 1 fully saturated rings. The lowest BCUT2D eigenvalue weighted by atomic mass is 10.1. The molecule has 2 aromatic rings. The molecule has 1 N–H and O–H groups in total. The average Bonchev–Trinajstić information content (AvgIpc) is 3.50. The number of carbonyl (C=O) groups excluding carboxylic acids is 2. The van der Waals surface area contributed by atoms with Crippen molar-refractivity contribution in [2.24, 2.45) is 0 Å². The van der Waals surface area contributed by atoms with Crippen LogP contribution in [0.25, 0.3) is 0 Å². The Bertz CT molecular complexity index is 1030. The van der Waals surface area contributed by atoms with Gasteiger partial charge in [-0.1, -0.05) is 0 Å². The number of esters is 1. The summed E-state index contributed by atoms with van der Waals surface area (Å²) < 4.78 is 50.9. The van der Waals surface area contributed by atoms with Crippen LogP contribution in [-0.2, 0) is 14.8 Å². The van der Waals surface area contributed by atoms with Gasteiger partial charge < -0.3 is 9.47 Å². The Morgan fingerprint density at radius 3 is 2.31 bits per heavy atom. The van der Waals surface area contributed by atoms with E-state index < -0.39 is 33.7 Å². The molecule has 0 aromatic heterocycles. The molecular formula is C20H20FNO6S. The molecule has 0 saturated heterocycles. The van der Waals surface area contributed by atoms with Gasteiger partial charge in [-0.3, -0.25) is 4.79 Å². The van der Waals surface area contributed by atoms with E-state index in [9.17, 15) is 22.4 Å². The predicted octanol–water partition coefficient (Wildman–Crippen LogP) is 2.70. The number of ketones is 1. The van der Waals surface area contributed by atoms with Gasteiger partial charge in [0.25, 0.3) is 0 Å². The number of ether oxygens (including phenoxy) is 2. The molecule has 7 nitrogen and oxygen atoms in total. The Morgan fingerprint density at radius 2 is 1.72 bits per heavy atom. The Hall–Kier alpha value is -2.78. The second kappa shape index (κ2) is 8.30. The highest BCUT2D eigenvalue weighted by Gasteiger charge is 2.31. The van der Waals surface area contributed by atoms with Crippen molar-refractivity contribution in [3.8, 4) is 5.75 Å². The Morgan fingerprint density at radius 1 is 1.10 bits per heavy atom. The van der Waals surface area contributed by atoms with E-state index in [4.69, 9.17) is 9.47 Å². The van der Waals surface area contributed by atoms with Gasteiger partial charge in [0.2, 0.25) is 15.8 Å². The summed E-state index contributed by atoms with van der Waals surface area (Å²) in [7, 11) is -2.55. The van der Waals surface area contributed by atoms with Crippen LogP contribution in [0.1, 0.15) is 40.5 Å². The number of halogens is 1. The van der Waals surface area contributed by atoms with Crippen molar-refractivity contribution in [1.29, 1.82) is 0 Å². The molecule has 1 aliphatic carbocycles. The van der Waals surface area contributed by atoms with E-state index in [1.54, 1.807) is 0 Å². The molecule has 154 valence electrons. The van der Waals surface area contributed by atoms with Gasteiger partial charge in [-0.25, -0.2) is 22.3 Å². The third kappa shape index (κ3) is 4.99. The van der Waals surface area contributed by atoms with Crippen LogP contribution in [0.15, 0.2) is 47.4 Å². The summed E-state index contributed by atoms with van der Waals surface area (Å²) in [5, 5.41) is 0. The van der Waals surface area contributed by atoms with Crippen LogP contribution in [0.4, 0.5) is 4.39 Å². The van der Waals surface area contributed by atoms with Crippen molar-refractivity contribution in [3.05, 3.63) is 59.4 Å². The van der Waals surface area contributed by atoms with Crippen LogP contribution in [-0.4, -0.2) is 39.4 Å². The van der Waals surface area contributed by atoms with Gasteiger partial charge in [0, 0.05) is 11.6 Å². The summed E-state index contributed by atoms with van der Waals surface area (Å²) in [4.78, 5) is 24.6. The first-order valence-electron chi connectivity index (χ1n) is 8.92. The summed E-state index contributed by atoms with van der Waals surface area (Å²) in [6.07, 6.45) is 0.373. The number of methoxy groups -OCH3 is 1. The summed E-state index contributed by atoms with van der Waals surface area (Å²) in [6, 6.07) is 8.60. The van der Waals surface area contributed by atoms with E-state index in [1.807, 2.05) is 0 Å². The molecule has 1 atom stereocenters. The third-order valence-corrected chi connectivity index (χ3v) is 5.91. The second-order valence-electron chi connectivity index (χ2n) is 6.68. The molecule has 3 rings (SSSR count). The van der Waals surface area contributed by atoms with E-state index in [0.717, 1.165) is 31.0 Å². The SMILES string of the molecule is COc1ccc(C(=O)O[C@@H](C)C(=O)c2ccc(F)cc2)cc1S(=O)(=O)NC1CC1. The zero-order chi connectivity index (χ0) is 21.2. The smallest absolute Gasteiger partial charge is 0.338 e. The monoisotopic (exact) mass is 421 g/mol. The maximum atomic E-state index is 13.0. The fourth-order valence-corrected chi connectivity index (χ4v) is 4.13. The minimum atomic E-state index is -3.87. The van der Waals surface area contributed by atoms with Gasteiger partial charge in [-0.05, 0) is 62.2 Å². The molecule has 0 heterocycles. The van der Waals surface area contributed by atoms with Crippen molar-refractivity contribution < 1.29 is 31.9 Å². The summed E-state index contributed by atoms with van der Waals surface area (Å²) in [5.74, 6) is -1.77. The largest absolute Gasteiger partial charge is 0.495 e. The fourth-order valence-electron chi connectivity index (χ4n) is 2.63. The van der Waals surface area contributed by atoms with Gasteiger partial charge in [0.15, 0.2) is 6.10 Å². The molecule has 1 saturated carbocycles. The van der Waals surface area contributed by atoms with Gasteiger partial charge >= 0.3 is 5.97 Å². The highest BCUT2D eigenvalue weighted by atomic mass is 32.2. The Labute approximate surface area is 167 Å². The van der Waals surface area contributed by atoms with Crippen molar-refractivity contribution in [2.45, 2.75) is 36.8 Å². The molecule has 0 amide bonds. The number of Topliss-reactive ketones (excluding diaryl/α,β-unsaturated/α-hetero) is 1. The first-order chi connectivity index (χ1) is 13.7. The highest BCUT2D eigenvalue weighted by Crippen LogP contribution is 2.28. The molecule has 2 aromatic carbocycles. The molecule has 1 aliphatic rings. The molecule has 0 radical (unpaired) electrons. The fraction of sp³-hybridized carbons (Fsp3) is 0.300. The molecular weight excluding hydrogens is 401 g/mol. The molecule has 0 aliphatic heterocycles. The normalized spacial score (nSPS) is 14.9. The van der Waals surface area contributed by atoms with Gasteiger partial charge in [0.05, 0.1) is 12.7 Å². The lowest BCUT2D eigenvalue weighted by molar-refractivity contribution is 0.0318. The zero-order valence-electron chi connectivity index (χ0n) is 15.8. The van der Waals surface area contributed by atoms with Gasteiger partial charge in [0.1, 0.15) is 16.5 Å². The van der Waals surface area contributed by atoms with Crippen LogP contribution in [0.2, 0.25) is 0 Å². The number of nitrogens with one attached hydrogen (secondary N) is 1. The van der Waals surface area contributed by atoms with Crippen molar-refractivity contribution in [2.75, 3.05) is 7.11 Å². The maximum Gasteiger partial charge on any atom is 0.338 e. The van der Waals surface area contributed by atoms with Crippen molar-refractivity contribution in [3.63, 3.8) is 0 Å². The molecule has 0 unspecified atom stereocenters. The summed E-state index contributed by atoms with van der Waals surface area (Å²) in [5.41, 5.74) is 0.152.